The van der Waals surface area contributed by atoms with Crippen LogP contribution in [0.25, 0.3) is 11.3 Å². The first kappa shape index (κ1) is 14.4. The Hall–Kier alpha value is -1.59. The van der Waals surface area contributed by atoms with Gasteiger partial charge in [0.2, 0.25) is 0 Å². The Labute approximate surface area is 130 Å². The Morgan fingerprint density at radius 3 is 2.76 bits per heavy atom. The Bertz CT molecular complexity index is 602. The van der Waals surface area contributed by atoms with E-state index in [2.05, 4.69) is 34.4 Å². The predicted octanol–water partition coefficient (Wildman–Crippen LogP) is 2.91. The van der Waals surface area contributed by atoms with Crippen LogP contribution in [0.2, 0.25) is 0 Å². The van der Waals surface area contributed by atoms with Crippen LogP contribution in [0.3, 0.4) is 0 Å². The summed E-state index contributed by atoms with van der Waals surface area (Å²) in [6.07, 6.45) is 0. The van der Waals surface area contributed by atoms with Gasteiger partial charge in [0.25, 0.3) is 0 Å². The molecule has 0 bridgehead atoms. The second-order valence-electron chi connectivity index (χ2n) is 5.18. The van der Waals surface area contributed by atoms with E-state index in [1.54, 1.807) is 0 Å². The van der Waals surface area contributed by atoms with E-state index in [1.165, 1.54) is 5.75 Å². The second-order valence-corrected chi connectivity index (χ2v) is 6.33. The first-order chi connectivity index (χ1) is 10.3. The molecule has 2 aromatic rings. The van der Waals surface area contributed by atoms with Crippen molar-refractivity contribution in [2.24, 2.45) is 0 Å². The van der Waals surface area contributed by atoms with Crippen molar-refractivity contribution in [1.29, 1.82) is 0 Å². The van der Waals surface area contributed by atoms with E-state index in [0.717, 1.165) is 35.2 Å². The van der Waals surface area contributed by atoms with Gasteiger partial charge in [-0.2, -0.15) is 11.8 Å². The molecule has 1 N–H and O–H groups in total. The third-order valence-corrected chi connectivity index (χ3v) is 4.79. The normalized spacial score (nSPS) is 19.4. The minimum Gasteiger partial charge on any atom is -0.373 e. The first-order valence-electron chi connectivity index (χ1n) is 7.18. The van der Waals surface area contributed by atoms with Crippen molar-refractivity contribution in [3.63, 3.8) is 0 Å². The maximum atomic E-state index is 4.82. The summed E-state index contributed by atoms with van der Waals surface area (Å²) in [7, 11) is 4.06. The Balaban J connectivity index is 2.01. The van der Waals surface area contributed by atoms with Gasteiger partial charge >= 0.3 is 0 Å². The summed E-state index contributed by atoms with van der Waals surface area (Å²) < 4.78 is 0. The Kier molecular flexibility index (Phi) is 4.41. The molecule has 1 atom stereocenters. The average molecular weight is 300 g/mol. The molecule has 5 heteroatoms. The lowest BCUT2D eigenvalue weighted by atomic mass is 10.1. The molecule has 1 saturated heterocycles. The number of nitrogens with one attached hydrogen (secondary N) is 1. The van der Waals surface area contributed by atoms with Crippen molar-refractivity contribution >= 4 is 17.6 Å². The van der Waals surface area contributed by atoms with E-state index >= 15 is 0 Å². The number of hydrogen-bond acceptors (Lipinski definition) is 5. The SMILES string of the molecule is CNc1cc(-c2ccccc2)nc(C2CSCCN2C)n1. The molecule has 1 aromatic carbocycles. The highest BCUT2D eigenvalue weighted by atomic mass is 32.2. The minimum atomic E-state index is 0.291. The molecule has 1 aromatic heterocycles. The number of hydrogen-bond donors (Lipinski definition) is 1. The molecule has 0 amide bonds. The summed E-state index contributed by atoms with van der Waals surface area (Å²) >= 11 is 1.97. The summed E-state index contributed by atoms with van der Waals surface area (Å²) in [5.41, 5.74) is 2.11. The quantitative estimate of drug-likeness (QED) is 0.944. The Morgan fingerprint density at radius 2 is 2.05 bits per heavy atom. The molecule has 1 fully saturated rings. The highest BCUT2D eigenvalue weighted by Gasteiger charge is 2.24. The number of anilines is 1. The number of thioether (sulfide) groups is 1. The number of aromatic nitrogens is 2. The van der Waals surface area contributed by atoms with Crippen LogP contribution >= 0.6 is 11.8 Å². The lowest BCUT2D eigenvalue weighted by molar-refractivity contribution is 0.265. The molecule has 1 aliphatic heterocycles. The van der Waals surface area contributed by atoms with Crippen molar-refractivity contribution in [2.75, 3.05) is 37.5 Å². The van der Waals surface area contributed by atoms with E-state index in [-0.39, 0.29) is 0 Å². The third-order valence-electron chi connectivity index (χ3n) is 3.76. The highest BCUT2D eigenvalue weighted by molar-refractivity contribution is 7.99. The zero-order chi connectivity index (χ0) is 14.7. The van der Waals surface area contributed by atoms with Gasteiger partial charge in [-0.25, -0.2) is 9.97 Å². The predicted molar refractivity (Wildman–Crippen MR) is 89.7 cm³/mol. The molecule has 4 nitrogen and oxygen atoms in total. The lowest BCUT2D eigenvalue weighted by Gasteiger charge is -2.31. The second kappa shape index (κ2) is 6.45. The van der Waals surface area contributed by atoms with Gasteiger partial charge in [0.15, 0.2) is 0 Å². The van der Waals surface area contributed by atoms with Crippen molar-refractivity contribution in [2.45, 2.75) is 6.04 Å². The van der Waals surface area contributed by atoms with Gasteiger partial charge in [-0.15, -0.1) is 0 Å². The van der Waals surface area contributed by atoms with Crippen molar-refractivity contribution in [3.05, 3.63) is 42.2 Å². The van der Waals surface area contributed by atoms with Crippen LogP contribution in [0.1, 0.15) is 11.9 Å². The van der Waals surface area contributed by atoms with Crippen LogP contribution in [0, 0.1) is 0 Å². The zero-order valence-corrected chi connectivity index (χ0v) is 13.2. The van der Waals surface area contributed by atoms with Crippen LogP contribution < -0.4 is 5.32 Å². The van der Waals surface area contributed by atoms with E-state index in [4.69, 9.17) is 4.98 Å². The molecule has 3 rings (SSSR count). The average Bonchev–Trinajstić information content (AvgIpc) is 2.55. The number of nitrogens with zero attached hydrogens (tertiary/aromatic N) is 3. The van der Waals surface area contributed by atoms with Gasteiger partial charge < -0.3 is 5.32 Å². The van der Waals surface area contributed by atoms with Crippen LogP contribution in [0.5, 0.6) is 0 Å². The van der Waals surface area contributed by atoms with Gasteiger partial charge in [-0.1, -0.05) is 30.3 Å². The van der Waals surface area contributed by atoms with Gasteiger partial charge in [0.1, 0.15) is 11.6 Å². The highest BCUT2D eigenvalue weighted by Crippen LogP contribution is 2.28. The third kappa shape index (κ3) is 3.19. The molecule has 1 unspecified atom stereocenters. The van der Waals surface area contributed by atoms with Crippen molar-refractivity contribution in [3.8, 4) is 11.3 Å². The lowest BCUT2D eigenvalue weighted by Crippen LogP contribution is -2.34. The standard InChI is InChI=1S/C16H20N4S/c1-17-15-10-13(12-6-4-3-5-7-12)18-16(19-15)14-11-21-9-8-20(14)2/h3-7,10,14H,8-9,11H2,1-2H3,(H,17,18,19). The molecule has 21 heavy (non-hydrogen) atoms. The molecule has 0 aliphatic carbocycles. The van der Waals surface area contributed by atoms with Gasteiger partial charge in [0, 0.05) is 36.7 Å². The molecule has 2 heterocycles. The first-order valence-corrected chi connectivity index (χ1v) is 8.33. The topological polar surface area (TPSA) is 41.1 Å². The number of benzene rings is 1. The fourth-order valence-corrected chi connectivity index (χ4v) is 3.67. The largest absolute Gasteiger partial charge is 0.373 e. The van der Waals surface area contributed by atoms with Crippen molar-refractivity contribution in [1.82, 2.24) is 14.9 Å². The molecule has 110 valence electrons. The van der Waals surface area contributed by atoms with E-state index in [9.17, 15) is 0 Å². The van der Waals surface area contributed by atoms with Crippen LogP contribution in [-0.2, 0) is 0 Å². The van der Waals surface area contributed by atoms with E-state index in [0.29, 0.717) is 6.04 Å². The maximum absolute atomic E-state index is 4.82. The van der Waals surface area contributed by atoms with E-state index < -0.39 is 0 Å². The van der Waals surface area contributed by atoms with Gasteiger partial charge in [-0.05, 0) is 7.05 Å². The monoisotopic (exact) mass is 300 g/mol. The summed E-state index contributed by atoms with van der Waals surface area (Å²) in [5.74, 6) is 4.03. The van der Waals surface area contributed by atoms with Gasteiger partial charge in [-0.3, -0.25) is 4.90 Å². The van der Waals surface area contributed by atoms with Gasteiger partial charge in [0.05, 0.1) is 11.7 Å². The summed E-state index contributed by atoms with van der Waals surface area (Å²) in [5, 5.41) is 3.16. The smallest absolute Gasteiger partial charge is 0.149 e. The molecule has 1 aliphatic rings. The summed E-state index contributed by atoms with van der Waals surface area (Å²) in [6.45, 7) is 1.09. The summed E-state index contributed by atoms with van der Waals surface area (Å²) in [4.78, 5) is 11.8. The van der Waals surface area contributed by atoms with Crippen LogP contribution in [-0.4, -0.2) is 47.0 Å². The maximum Gasteiger partial charge on any atom is 0.149 e. The number of rotatable bonds is 3. The molecule has 0 spiro atoms. The van der Waals surface area contributed by atoms with Crippen LogP contribution in [0.15, 0.2) is 36.4 Å². The Morgan fingerprint density at radius 1 is 1.24 bits per heavy atom. The fourth-order valence-electron chi connectivity index (χ4n) is 2.46. The minimum absolute atomic E-state index is 0.291. The van der Waals surface area contributed by atoms with Crippen LogP contribution in [0.4, 0.5) is 5.82 Å². The van der Waals surface area contributed by atoms with E-state index in [1.807, 2.05) is 43.1 Å². The molecular formula is C16H20N4S. The zero-order valence-electron chi connectivity index (χ0n) is 12.4. The van der Waals surface area contributed by atoms with Crippen molar-refractivity contribution < 1.29 is 0 Å². The molecular weight excluding hydrogens is 280 g/mol. The molecule has 0 saturated carbocycles. The molecule has 0 radical (unpaired) electrons. The fraction of sp³-hybridized carbons (Fsp3) is 0.375. The summed E-state index contributed by atoms with van der Waals surface area (Å²) in [6, 6.07) is 12.6.